The number of anilines is 2. The van der Waals surface area contributed by atoms with Crippen molar-refractivity contribution in [1.82, 2.24) is 4.98 Å². The fourth-order valence-electron chi connectivity index (χ4n) is 2.83. The van der Waals surface area contributed by atoms with Gasteiger partial charge in [0.15, 0.2) is 0 Å². The number of nitrogens with zero attached hydrogens (tertiary/aromatic N) is 2. The van der Waals surface area contributed by atoms with Crippen LogP contribution in [0.15, 0.2) is 54.6 Å². The Hall–Kier alpha value is -3.74. The number of hydrogen-bond donors (Lipinski definition) is 2. The summed E-state index contributed by atoms with van der Waals surface area (Å²) in [7, 11) is 0. The Balaban J connectivity index is 1.72. The van der Waals surface area contributed by atoms with Crippen LogP contribution in [0.5, 0.6) is 0 Å². The molecule has 142 valence electrons. The molecule has 7 nitrogen and oxygen atoms in total. The number of carbonyl (C=O) groups is 1. The molecule has 1 aromatic heterocycles. The van der Waals surface area contributed by atoms with Crippen LogP contribution in [0.25, 0.3) is 17.0 Å². The molecule has 0 unspecified atom stereocenters. The van der Waals surface area contributed by atoms with Gasteiger partial charge in [0, 0.05) is 40.7 Å². The van der Waals surface area contributed by atoms with Gasteiger partial charge in [0.05, 0.1) is 10.4 Å². The summed E-state index contributed by atoms with van der Waals surface area (Å²) in [5, 5.41) is 14.2. The molecule has 0 saturated heterocycles. The van der Waals surface area contributed by atoms with E-state index in [1.807, 2.05) is 12.1 Å². The Bertz CT molecular complexity index is 1060. The topological polar surface area (TPSA) is 111 Å². The zero-order valence-electron chi connectivity index (χ0n) is 15.4. The number of nitro benzene ring substituents is 1. The van der Waals surface area contributed by atoms with Crippen molar-refractivity contribution in [2.75, 3.05) is 11.1 Å². The maximum atomic E-state index is 12.2. The number of non-ortho nitro benzene ring substituents is 1. The van der Waals surface area contributed by atoms with Crippen LogP contribution >= 0.6 is 0 Å². The quantitative estimate of drug-likeness (QED) is 0.378. The van der Waals surface area contributed by atoms with Crippen molar-refractivity contribution >= 4 is 39.9 Å². The second kappa shape index (κ2) is 8.30. The standard InChI is InChI=1S/C21H20N4O3/c1-2-3-15-13-19(22)18-12-16(7-10-20(18)23-15)24-21(26)11-6-14-4-8-17(9-5-14)25(27)28/h4-13H,2-3H2,1H3,(H2,22,23)(H,24,26)/b11-6+. The first kappa shape index (κ1) is 19.0. The van der Waals surface area contributed by atoms with Crippen LogP contribution in [-0.2, 0) is 11.2 Å². The molecule has 0 atom stereocenters. The molecule has 0 bridgehead atoms. The molecule has 0 aliphatic carbocycles. The number of benzene rings is 2. The van der Waals surface area contributed by atoms with Gasteiger partial charge < -0.3 is 11.1 Å². The summed E-state index contributed by atoms with van der Waals surface area (Å²) in [5.41, 5.74) is 9.83. The number of amides is 1. The van der Waals surface area contributed by atoms with Gasteiger partial charge in [-0.25, -0.2) is 0 Å². The number of pyridine rings is 1. The van der Waals surface area contributed by atoms with Crippen LogP contribution in [-0.4, -0.2) is 15.8 Å². The van der Waals surface area contributed by atoms with E-state index in [9.17, 15) is 14.9 Å². The minimum Gasteiger partial charge on any atom is -0.398 e. The number of nitrogens with two attached hydrogens (primary N) is 1. The molecule has 0 aliphatic heterocycles. The summed E-state index contributed by atoms with van der Waals surface area (Å²) in [5.74, 6) is -0.313. The highest BCUT2D eigenvalue weighted by Crippen LogP contribution is 2.24. The second-order valence-corrected chi connectivity index (χ2v) is 6.36. The molecular weight excluding hydrogens is 356 g/mol. The van der Waals surface area contributed by atoms with Crippen LogP contribution in [0.3, 0.4) is 0 Å². The van der Waals surface area contributed by atoms with E-state index in [1.54, 1.807) is 30.3 Å². The molecule has 28 heavy (non-hydrogen) atoms. The van der Waals surface area contributed by atoms with Crippen molar-refractivity contribution in [2.45, 2.75) is 19.8 Å². The lowest BCUT2D eigenvalue weighted by Crippen LogP contribution is -2.08. The van der Waals surface area contributed by atoms with Crippen LogP contribution in [0.1, 0.15) is 24.6 Å². The van der Waals surface area contributed by atoms with Crippen LogP contribution in [0.4, 0.5) is 17.1 Å². The minimum absolute atomic E-state index is 0.00561. The van der Waals surface area contributed by atoms with Crippen molar-refractivity contribution in [2.24, 2.45) is 0 Å². The van der Waals surface area contributed by atoms with E-state index in [1.165, 1.54) is 18.2 Å². The predicted octanol–water partition coefficient (Wildman–Crippen LogP) is 4.33. The zero-order chi connectivity index (χ0) is 20.1. The number of nitrogens with one attached hydrogen (secondary N) is 1. The summed E-state index contributed by atoms with van der Waals surface area (Å²) >= 11 is 0. The summed E-state index contributed by atoms with van der Waals surface area (Å²) in [6.45, 7) is 2.09. The SMILES string of the molecule is CCCc1cc(N)c2cc(NC(=O)/C=C/c3ccc([N+](=O)[O-])cc3)ccc2n1. The molecular formula is C21H20N4O3. The highest BCUT2D eigenvalue weighted by Gasteiger charge is 2.06. The number of rotatable bonds is 6. The summed E-state index contributed by atoms with van der Waals surface area (Å²) in [6, 6.07) is 13.2. The van der Waals surface area contributed by atoms with Crippen LogP contribution in [0.2, 0.25) is 0 Å². The number of nitro groups is 1. The van der Waals surface area contributed by atoms with Crippen molar-refractivity contribution in [1.29, 1.82) is 0 Å². The maximum absolute atomic E-state index is 12.2. The predicted molar refractivity (Wildman–Crippen MR) is 111 cm³/mol. The first-order valence-corrected chi connectivity index (χ1v) is 8.89. The lowest BCUT2D eigenvalue weighted by Gasteiger charge is -2.08. The normalized spacial score (nSPS) is 11.0. The lowest BCUT2D eigenvalue weighted by atomic mass is 10.1. The Morgan fingerprint density at radius 1 is 1.21 bits per heavy atom. The van der Waals surface area contributed by atoms with Gasteiger partial charge in [0.25, 0.3) is 5.69 Å². The average molecular weight is 376 g/mol. The Kier molecular flexibility index (Phi) is 5.64. The third kappa shape index (κ3) is 4.50. The molecule has 0 fully saturated rings. The van der Waals surface area contributed by atoms with Crippen molar-refractivity contribution < 1.29 is 9.72 Å². The monoisotopic (exact) mass is 376 g/mol. The van der Waals surface area contributed by atoms with E-state index < -0.39 is 4.92 Å². The molecule has 3 N–H and O–H groups in total. The molecule has 1 heterocycles. The number of nitrogen functional groups attached to an aromatic ring is 1. The number of aryl methyl sites for hydroxylation is 1. The van der Waals surface area contributed by atoms with Gasteiger partial charge in [-0.3, -0.25) is 19.9 Å². The zero-order valence-corrected chi connectivity index (χ0v) is 15.4. The molecule has 1 amide bonds. The minimum atomic E-state index is -0.467. The van der Waals surface area contributed by atoms with E-state index in [0.29, 0.717) is 16.9 Å². The van der Waals surface area contributed by atoms with Crippen LogP contribution < -0.4 is 11.1 Å². The van der Waals surface area contributed by atoms with Crippen LogP contribution in [0, 0.1) is 10.1 Å². The number of hydrogen-bond acceptors (Lipinski definition) is 5. The largest absolute Gasteiger partial charge is 0.398 e. The van der Waals surface area contributed by atoms with E-state index in [0.717, 1.165) is 29.4 Å². The fourth-order valence-corrected chi connectivity index (χ4v) is 2.83. The molecule has 3 rings (SSSR count). The molecule has 0 saturated carbocycles. The summed E-state index contributed by atoms with van der Waals surface area (Å²) in [6.07, 6.45) is 4.82. The van der Waals surface area contributed by atoms with E-state index in [2.05, 4.69) is 17.2 Å². The third-order valence-corrected chi connectivity index (χ3v) is 4.20. The maximum Gasteiger partial charge on any atom is 0.269 e. The van der Waals surface area contributed by atoms with Gasteiger partial charge in [-0.15, -0.1) is 0 Å². The first-order chi connectivity index (χ1) is 13.5. The van der Waals surface area contributed by atoms with Gasteiger partial charge in [-0.2, -0.15) is 0 Å². The molecule has 2 aromatic carbocycles. The molecule has 0 aliphatic rings. The van der Waals surface area contributed by atoms with Crippen molar-refractivity contribution in [3.63, 3.8) is 0 Å². The highest BCUT2D eigenvalue weighted by atomic mass is 16.6. The van der Waals surface area contributed by atoms with E-state index in [-0.39, 0.29) is 11.6 Å². The second-order valence-electron chi connectivity index (χ2n) is 6.36. The Labute approximate surface area is 162 Å². The van der Waals surface area contributed by atoms with Gasteiger partial charge >= 0.3 is 0 Å². The van der Waals surface area contributed by atoms with E-state index >= 15 is 0 Å². The number of carbonyl (C=O) groups excluding carboxylic acids is 1. The number of fused-ring (bicyclic) bond motifs is 1. The smallest absolute Gasteiger partial charge is 0.269 e. The van der Waals surface area contributed by atoms with E-state index in [4.69, 9.17) is 5.73 Å². The van der Waals surface area contributed by atoms with Crippen molar-refractivity contribution in [3.8, 4) is 0 Å². The molecule has 7 heteroatoms. The number of aromatic nitrogens is 1. The average Bonchev–Trinajstić information content (AvgIpc) is 2.67. The third-order valence-electron chi connectivity index (χ3n) is 4.20. The van der Waals surface area contributed by atoms with Gasteiger partial charge in [-0.1, -0.05) is 13.3 Å². The Morgan fingerprint density at radius 3 is 2.64 bits per heavy atom. The molecule has 0 spiro atoms. The Morgan fingerprint density at radius 2 is 1.96 bits per heavy atom. The molecule has 0 radical (unpaired) electrons. The first-order valence-electron chi connectivity index (χ1n) is 8.89. The lowest BCUT2D eigenvalue weighted by molar-refractivity contribution is -0.384. The van der Waals surface area contributed by atoms with Gasteiger partial charge in [-0.05, 0) is 54.5 Å². The fraction of sp³-hybridized carbons (Fsp3) is 0.143. The van der Waals surface area contributed by atoms with Gasteiger partial charge in [0.2, 0.25) is 5.91 Å². The molecule has 3 aromatic rings. The highest BCUT2D eigenvalue weighted by molar-refractivity contribution is 6.03. The van der Waals surface area contributed by atoms with Crippen molar-refractivity contribution in [3.05, 3.63) is 76.0 Å². The summed E-state index contributed by atoms with van der Waals surface area (Å²) in [4.78, 5) is 26.9. The summed E-state index contributed by atoms with van der Waals surface area (Å²) < 4.78 is 0. The van der Waals surface area contributed by atoms with Gasteiger partial charge in [0.1, 0.15) is 0 Å².